The number of rotatable bonds is 3. The standard InChI is InChI=1S/C14H12FNO4/c15-11-6-5-10(8-9(11)4-7-14(19)20)16-12(17)2-1-3-13(16)18/h4-8H,1-3H2,(H,19,20)/b7-4+. The number of hydrogen-bond acceptors (Lipinski definition) is 3. The zero-order valence-corrected chi connectivity index (χ0v) is 10.5. The third-order valence-electron chi connectivity index (χ3n) is 2.92. The SMILES string of the molecule is O=C(O)/C=C/c1cc(N2C(=O)CCCC2=O)ccc1F. The average molecular weight is 277 g/mol. The summed E-state index contributed by atoms with van der Waals surface area (Å²) in [6.45, 7) is 0. The molecule has 0 aromatic heterocycles. The molecule has 0 spiro atoms. The van der Waals surface area contributed by atoms with Crippen molar-refractivity contribution in [2.24, 2.45) is 0 Å². The molecule has 0 unspecified atom stereocenters. The number of carboxylic acid groups (broad SMARTS) is 1. The first kappa shape index (κ1) is 13.9. The van der Waals surface area contributed by atoms with Crippen LogP contribution in [0.2, 0.25) is 0 Å². The van der Waals surface area contributed by atoms with Crippen molar-refractivity contribution in [2.75, 3.05) is 4.90 Å². The van der Waals surface area contributed by atoms with Crippen molar-refractivity contribution in [1.82, 2.24) is 0 Å². The minimum atomic E-state index is -1.21. The number of carboxylic acids is 1. The highest BCUT2D eigenvalue weighted by Gasteiger charge is 2.27. The van der Waals surface area contributed by atoms with E-state index in [1.165, 1.54) is 12.1 Å². The Morgan fingerprint density at radius 2 is 1.90 bits per heavy atom. The molecule has 0 radical (unpaired) electrons. The summed E-state index contributed by atoms with van der Waals surface area (Å²) in [5.41, 5.74) is 0.266. The number of imide groups is 1. The third kappa shape index (κ3) is 2.90. The lowest BCUT2D eigenvalue weighted by Crippen LogP contribution is -2.40. The van der Waals surface area contributed by atoms with E-state index in [1.807, 2.05) is 0 Å². The first-order valence-corrected chi connectivity index (χ1v) is 6.05. The highest BCUT2D eigenvalue weighted by atomic mass is 19.1. The van der Waals surface area contributed by atoms with Gasteiger partial charge in [-0.15, -0.1) is 0 Å². The number of hydrogen-bond donors (Lipinski definition) is 1. The molecule has 0 atom stereocenters. The highest BCUT2D eigenvalue weighted by Crippen LogP contribution is 2.24. The van der Waals surface area contributed by atoms with Gasteiger partial charge >= 0.3 is 5.97 Å². The van der Waals surface area contributed by atoms with Crippen LogP contribution in [0.15, 0.2) is 24.3 Å². The van der Waals surface area contributed by atoms with Crippen LogP contribution in [-0.2, 0) is 14.4 Å². The molecule has 1 fully saturated rings. The Morgan fingerprint density at radius 3 is 2.50 bits per heavy atom. The molecular weight excluding hydrogens is 265 g/mol. The summed E-state index contributed by atoms with van der Waals surface area (Å²) in [6, 6.07) is 3.72. The Hall–Kier alpha value is -2.50. The second-order valence-corrected chi connectivity index (χ2v) is 4.35. The quantitative estimate of drug-likeness (QED) is 0.677. The molecule has 104 valence electrons. The monoisotopic (exact) mass is 277 g/mol. The van der Waals surface area contributed by atoms with Gasteiger partial charge in [0.15, 0.2) is 0 Å². The molecule has 1 heterocycles. The Balaban J connectivity index is 2.37. The van der Waals surface area contributed by atoms with Crippen molar-refractivity contribution in [3.05, 3.63) is 35.7 Å². The van der Waals surface area contributed by atoms with Crippen molar-refractivity contribution >= 4 is 29.5 Å². The van der Waals surface area contributed by atoms with Gasteiger partial charge in [-0.3, -0.25) is 14.5 Å². The fourth-order valence-corrected chi connectivity index (χ4v) is 2.00. The van der Waals surface area contributed by atoms with Gasteiger partial charge in [-0.2, -0.15) is 0 Å². The van der Waals surface area contributed by atoms with E-state index in [0.717, 1.165) is 23.1 Å². The first-order valence-electron chi connectivity index (χ1n) is 6.05. The number of carbonyl (C=O) groups is 3. The van der Waals surface area contributed by atoms with Crippen molar-refractivity contribution in [3.63, 3.8) is 0 Å². The van der Waals surface area contributed by atoms with E-state index in [2.05, 4.69) is 0 Å². The van der Waals surface area contributed by atoms with Gasteiger partial charge in [-0.1, -0.05) is 0 Å². The zero-order valence-electron chi connectivity index (χ0n) is 10.5. The van der Waals surface area contributed by atoms with Crippen LogP contribution in [-0.4, -0.2) is 22.9 Å². The van der Waals surface area contributed by atoms with Gasteiger partial charge in [0.05, 0.1) is 5.69 Å². The fourth-order valence-electron chi connectivity index (χ4n) is 2.00. The number of amides is 2. The summed E-state index contributed by atoms with van der Waals surface area (Å²) in [6.07, 6.45) is 2.93. The molecule has 2 amide bonds. The minimum absolute atomic E-state index is 0.0103. The molecule has 0 aliphatic carbocycles. The number of halogens is 1. The minimum Gasteiger partial charge on any atom is -0.478 e. The predicted octanol–water partition coefficient (Wildman–Crippen LogP) is 1.97. The topological polar surface area (TPSA) is 74.7 Å². The molecule has 20 heavy (non-hydrogen) atoms. The van der Waals surface area contributed by atoms with Gasteiger partial charge in [0, 0.05) is 24.5 Å². The van der Waals surface area contributed by atoms with Crippen molar-refractivity contribution in [2.45, 2.75) is 19.3 Å². The second-order valence-electron chi connectivity index (χ2n) is 4.35. The summed E-state index contributed by atoms with van der Waals surface area (Å²) >= 11 is 0. The second kappa shape index (κ2) is 5.64. The van der Waals surface area contributed by atoms with Gasteiger partial charge in [-0.05, 0) is 30.7 Å². The lowest BCUT2D eigenvalue weighted by molar-refractivity contribution is -0.131. The van der Waals surface area contributed by atoms with Gasteiger partial charge < -0.3 is 5.11 Å². The van der Waals surface area contributed by atoms with E-state index in [-0.39, 0.29) is 35.9 Å². The molecule has 1 aromatic carbocycles. The number of piperidine rings is 1. The number of anilines is 1. The molecule has 2 rings (SSSR count). The van der Waals surface area contributed by atoms with E-state index >= 15 is 0 Å². The van der Waals surface area contributed by atoms with Crippen LogP contribution in [0.1, 0.15) is 24.8 Å². The number of carbonyl (C=O) groups excluding carboxylic acids is 2. The van der Waals surface area contributed by atoms with Gasteiger partial charge in [-0.25, -0.2) is 9.18 Å². The summed E-state index contributed by atoms with van der Waals surface area (Å²) in [5.74, 6) is -2.50. The van der Waals surface area contributed by atoms with E-state index in [0.29, 0.717) is 6.42 Å². The van der Waals surface area contributed by atoms with Crippen LogP contribution < -0.4 is 4.90 Å². The van der Waals surface area contributed by atoms with E-state index < -0.39 is 11.8 Å². The van der Waals surface area contributed by atoms with Crippen LogP contribution in [0.25, 0.3) is 6.08 Å². The van der Waals surface area contributed by atoms with Crippen LogP contribution in [0.4, 0.5) is 10.1 Å². The number of benzene rings is 1. The predicted molar refractivity (Wildman–Crippen MR) is 69.4 cm³/mol. The fraction of sp³-hybridized carbons (Fsp3) is 0.214. The molecule has 5 nitrogen and oxygen atoms in total. The number of aliphatic carboxylic acids is 1. The molecule has 1 saturated heterocycles. The molecule has 0 bridgehead atoms. The zero-order chi connectivity index (χ0) is 14.7. The van der Waals surface area contributed by atoms with Crippen LogP contribution in [0.5, 0.6) is 0 Å². The van der Waals surface area contributed by atoms with Crippen LogP contribution in [0, 0.1) is 5.82 Å². The van der Waals surface area contributed by atoms with E-state index in [9.17, 15) is 18.8 Å². The summed E-state index contributed by atoms with van der Waals surface area (Å²) < 4.78 is 13.5. The van der Waals surface area contributed by atoms with Gasteiger partial charge in [0.2, 0.25) is 11.8 Å². The van der Waals surface area contributed by atoms with Crippen molar-refractivity contribution in [3.8, 4) is 0 Å². The maximum atomic E-state index is 13.5. The Bertz CT molecular complexity index is 593. The summed E-state index contributed by atoms with van der Waals surface area (Å²) in [5, 5.41) is 8.54. The van der Waals surface area contributed by atoms with Crippen LogP contribution >= 0.6 is 0 Å². The van der Waals surface area contributed by atoms with Crippen molar-refractivity contribution in [1.29, 1.82) is 0 Å². The molecule has 6 heteroatoms. The number of nitrogens with zero attached hydrogens (tertiary/aromatic N) is 1. The molecule has 0 saturated carbocycles. The van der Waals surface area contributed by atoms with Gasteiger partial charge in [0.1, 0.15) is 5.82 Å². The lowest BCUT2D eigenvalue weighted by atomic mass is 10.1. The maximum Gasteiger partial charge on any atom is 0.328 e. The van der Waals surface area contributed by atoms with Crippen molar-refractivity contribution < 1.29 is 23.9 Å². The highest BCUT2D eigenvalue weighted by molar-refractivity contribution is 6.16. The normalized spacial score (nSPS) is 15.9. The molecule has 1 aliphatic rings. The largest absolute Gasteiger partial charge is 0.478 e. The molecular formula is C14H12FNO4. The van der Waals surface area contributed by atoms with Crippen LogP contribution in [0.3, 0.4) is 0 Å². The van der Waals surface area contributed by atoms with Gasteiger partial charge in [0.25, 0.3) is 0 Å². The summed E-state index contributed by atoms with van der Waals surface area (Å²) in [4.78, 5) is 35.0. The van der Waals surface area contributed by atoms with E-state index in [4.69, 9.17) is 5.11 Å². The average Bonchev–Trinajstić information content (AvgIpc) is 2.38. The maximum absolute atomic E-state index is 13.5. The summed E-state index contributed by atoms with van der Waals surface area (Å²) in [7, 11) is 0. The first-order chi connectivity index (χ1) is 9.49. The lowest BCUT2D eigenvalue weighted by Gasteiger charge is -2.25. The molecule has 1 aromatic rings. The Kier molecular flexibility index (Phi) is 3.93. The third-order valence-corrected chi connectivity index (χ3v) is 2.92. The smallest absolute Gasteiger partial charge is 0.328 e. The van der Waals surface area contributed by atoms with E-state index in [1.54, 1.807) is 0 Å². The molecule has 1 N–H and O–H groups in total. The molecule has 1 aliphatic heterocycles. The Labute approximate surface area is 114 Å². The Morgan fingerprint density at radius 1 is 1.25 bits per heavy atom.